The second kappa shape index (κ2) is 2.77. The normalized spacial score (nSPS) is 10.8. The van der Waals surface area contributed by atoms with Gasteiger partial charge in [-0.25, -0.2) is 0 Å². The van der Waals surface area contributed by atoms with E-state index in [0.717, 1.165) is 5.39 Å². The Kier molecular flexibility index (Phi) is 1.75. The van der Waals surface area contributed by atoms with Crippen LogP contribution in [0.4, 0.5) is 0 Å². The van der Waals surface area contributed by atoms with Crippen molar-refractivity contribution in [2.45, 2.75) is 6.61 Å². The van der Waals surface area contributed by atoms with E-state index in [1.165, 1.54) is 0 Å². The zero-order chi connectivity index (χ0) is 8.55. The Morgan fingerprint density at radius 3 is 3.08 bits per heavy atom. The molecule has 4 heteroatoms. The van der Waals surface area contributed by atoms with Crippen LogP contribution >= 0.6 is 11.6 Å². The van der Waals surface area contributed by atoms with Gasteiger partial charge >= 0.3 is 0 Å². The van der Waals surface area contributed by atoms with E-state index in [4.69, 9.17) is 21.2 Å². The van der Waals surface area contributed by atoms with E-state index in [9.17, 15) is 0 Å². The number of hydrogen-bond acceptors (Lipinski definition) is 3. The summed E-state index contributed by atoms with van der Waals surface area (Å²) in [6.07, 6.45) is 0. The number of fused-ring (bicyclic) bond motifs is 1. The second-order valence-corrected chi connectivity index (χ2v) is 2.86. The molecule has 1 aromatic carbocycles. The van der Waals surface area contributed by atoms with Crippen LogP contribution in [0.2, 0.25) is 5.02 Å². The maximum absolute atomic E-state index is 8.85. The summed E-state index contributed by atoms with van der Waals surface area (Å²) in [4.78, 5) is 0. The molecule has 1 N–H and O–H groups in total. The fourth-order valence-corrected chi connectivity index (χ4v) is 1.25. The third kappa shape index (κ3) is 1.07. The number of aliphatic hydroxyl groups is 1. The Balaban J connectivity index is 2.75. The average molecular weight is 184 g/mol. The van der Waals surface area contributed by atoms with Crippen molar-refractivity contribution in [3.8, 4) is 0 Å². The van der Waals surface area contributed by atoms with Crippen LogP contribution in [0, 0.1) is 0 Å². The van der Waals surface area contributed by atoms with Gasteiger partial charge < -0.3 is 9.63 Å². The van der Waals surface area contributed by atoms with Crippen LogP contribution in [0.15, 0.2) is 22.7 Å². The van der Waals surface area contributed by atoms with E-state index in [0.29, 0.717) is 16.3 Å². The Hall–Kier alpha value is -1.06. The fraction of sp³-hybridized carbons (Fsp3) is 0.125. The maximum Gasteiger partial charge on any atom is 0.167 e. The van der Waals surface area contributed by atoms with E-state index in [2.05, 4.69) is 5.16 Å². The van der Waals surface area contributed by atoms with Crippen LogP contribution in [-0.4, -0.2) is 10.3 Å². The molecule has 1 aromatic heterocycles. The van der Waals surface area contributed by atoms with E-state index in [1.807, 2.05) is 0 Å². The lowest BCUT2D eigenvalue weighted by Gasteiger charge is -1.89. The van der Waals surface area contributed by atoms with Crippen molar-refractivity contribution in [3.05, 3.63) is 28.9 Å². The van der Waals surface area contributed by atoms with Crippen LogP contribution in [0.25, 0.3) is 11.0 Å². The predicted octanol–water partition coefficient (Wildman–Crippen LogP) is 1.97. The maximum atomic E-state index is 8.85. The van der Waals surface area contributed by atoms with Gasteiger partial charge in [0.25, 0.3) is 0 Å². The summed E-state index contributed by atoms with van der Waals surface area (Å²) in [5.41, 5.74) is 1.16. The highest BCUT2D eigenvalue weighted by atomic mass is 35.5. The van der Waals surface area contributed by atoms with Gasteiger partial charge in [0.1, 0.15) is 5.69 Å². The molecule has 0 amide bonds. The van der Waals surface area contributed by atoms with E-state index < -0.39 is 0 Å². The lowest BCUT2D eigenvalue weighted by molar-refractivity contribution is 0.269. The monoisotopic (exact) mass is 183 g/mol. The molecule has 0 radical (unpaired) electrons. The molecule has 0 fully saturated rings. The van der Waals surface area contributed by atoms with Crippen molar-refractivity contribution in [1.82, 2.24) is 5.16 Å². The number of rotatable bonds is 1. The van der Waals surface area contributed by atoms with E-state index in [-0.39, 0.29) is 6.61 Å². The minimum Gasteiger partial charge on any atom is -0.390 e. The fourth-order valence-electron chi connectivity index (χ4n) is 1.07. The highest BCUT2D eigenvalue weighted by Gasteiger charge is 2.06. The molecule has 3 nitrogen and oxygen atoms in total. The molecule has 62 valence electrons. The summed E-state index contributed by atoms with van der Waals surface area (Å²) in [5.74, 6) is 0. The molecule has 0 atom stereocenters. The van der Waals surface area contributed by atoms with Gasteiger partial charge in [0.15, 0.2) is 5.58 Å². The number of aromatic nitrogens is 1. The van der Waals surface area contributed by atoms with Crippen LogP contribution in [0.3, 0.4) is 0 Å². The van der Waals surface area contributed by atoms with Crippen molar-refractivity contribution in [2.24, 2.45) is 0 Å². The van der Waals surface area contributed by atoms with Crippen LogP contribution < -0.4 is 0 Å². The quantitative estimate of drug-likeness (QED) is 0.735. The van der Waals surface area contributed by atoms with E-state index >= 15 is 0 Å². The first-order chi connectivity index (χ1) is 5.81. The predicted molar refractivity (Wildman–Crippen MR) is 44.9 cm³/mol. The summed E-state index contributed by atoms with van der Waals surface area (Å²) in [5, 5.41) is 13.9. The molecule has 0 aliphatic rings. The number of halogens is 1. The van der Waals surface area contributed by atoms with Gasteiger partial charge in [0.2, 0.25) is 0 Å². The Labute approximate surface area is 73.5 Å². The van der Waals surface area contributed by atoms with Crippen LogP contribution in [0.1, 0.15) is 5.69 Å². The summed E-state index contributed by atoms with van der Waals surface area (Å²) >= 11 is 5.75. The third-order valence-corrected chi connectivity index (χ3v) is 1.89. The van der Waals surface area contributed by atoms with Crippen molar-refractivity contribution in [1.29, 1.82) is 0 Å². The SMILES string of the molecule is OCc1noc2ccc(Cl)cc12. The van der Waals surface area contributed by atoms with Gasteiger partial charge in [-0.15, -0.1) is 0 Å². The zero-order valence-electron chi connectivity index (χ0n) is 6.12. The molecule has 0 unspecified atom stereocenters. The average Bonchev–Trinajstić information content (AvgIpc) is 2.46. The zero-order valence-corrected chi connectivity index (χ0v) is 6.88. The van der Waals surface area contributed by atoms with Gasteiger partial charge in [0.05, 0.1) is 6.61 Å². The number of aliphatic hydroxyl groups excluding tert-OH is 1. The summed E-state index contributed by atoms with van der Waals surface area (Å²) in [6, 6.07) is 5.17. The first-order valence-corrected chi connectivity index (χ1v) is 3.84. The number of hydrogen-bond donors (Lipinski definition) is 1. The van der Waals surface area contributed by atoms with Crippen LogP contribution in [0.5, 0.6) is 0 Å². The third-order valence-electron chi connectivity index (χ3n) is 1.66. The topological polar surface area (TPSA) is 46.3 Å². The van der Waals surface area contributed by atoms with Gasteiger partial charge in [-0.05, 0) is 18.2 Å². The van der Waals surface area contributed by atoms with Crippen LogP contribution in [-0.2, 0) is 6.61 Å². The molecular weight excluding hydrogens is 178 g/mol. The van der Waals surface area contributed by atoms with Gasteiger partial charge in [-0.2, -0.15) is 0 Å². The number of benzene rings is 1. The lowest BCUT2D eigenvalue weighted by atomic mass is 10.2. The van der Waals surface area contributed by atoms with Crippen molar-refractivity contribution < 1.29 is 9.63 Å². The van der Waals surface area contributed by atoms with Gasteiger partial charge in [-0.3, -0.25) is 0 Å². The summed E-state index contributed by atoms with van der Waals surface area (Å²) in [6.45, 7) is -0.132. The molecular formula is C8H6ClNO2. The van der Waals surface area contributed by atoms with Crippen molar-refractivity contribution in [2.75, 3.05) is 0 Å². The van der Waals surface area contributed by atoms with E-state index in [1.54, 1.807) is 18.2 Å². The molecule has 0 aliphatic carbocycles. The minimum atomic E-state index is -0.132. The smallest absolute Gasteiger partial charge is 0.167 e. The molecule has 1 heterocycles. The van der Waals surface area contributed by atoms with Crippen molar-refractivity contribution >= 4 is 22.6 Å². The molecule has 2 aromatic rings. The first-order valence-electron chi connectivity index (χ1n) is 3.46. The Morgan fingerprint density at radius 1 is 1.50 bits per heavy atom. The van der Waals surface area contributed by atoms with Crippen molar-refractivity contribution in [3.63, 3.8) is 0 Å². The summed E-state index contributed by atoms with van der Waals surface area (Å²) in [7, 11) is 0. The molecule has 2 rings (SSSR count). The molecule has 0 saturated carbocycles. The molecule has 0 aliphatic heterocycles. The van der Waals surface area contributed by atoms with Gasteiger partial charge in [0, 0.05) is 10.4 Å². The summed E-state index contributed by atoms with van der Waals surface area (Å²) < 4.78 is 4.93. The lowest BCUT2D eigenvalue weighted by Crippen LogP contribution is -1.81. The molecule has 0 bridgehead atoms. The Bertz CT molecular complexity index is 410. The number of nitrogens with zero attached hydrogens (tertiary/aromatic N) is 1. The standard InChI is InChI=1S/C8H6ClNO2/c9-5-1-2-8-6(3-5)7(4-11)10-12-8/h1-3,11H,4H2. The largest absolute Gasteiger partial charge is 0.390 e. The molecule has 12 heavy (non-hydrogen) atoms. The highest BCUT2D eigenvalue weighted by Crippen LogP contribution is 2.22. The Morgan fingerprint density at radius 2 is 2.33 bits per heavy atom. The second-order valence-electron chi connectivity index (χ2n) is 2.43. The minimum absolute atomic E-state index is 0.132. The molecule has 0 saturated heterocycles. The molecule has 0 spiro atoms. The first kappa shape index (κ1) is 7.58. The van der Waals surface area contributed by atoms with Gasteiger partial charge in [-0.1, -0.05) is 16.8 Å². The highest BCUT2D eigenvalue weighted by molar-refractivity contribution is 6.31.